The van der Waals surface area contributed by atoms with Crippen LogP contribution < -0.4 is 15.8 Å². The van der Waals surface area contributed by atoms with Crippen molar-refractivity contribution in [3.05, 3.63) is 29.8 Å². The Kier molecular flexibility index (Phi) is 6.40. The minimum atomic E-state index is 0.207. The van der Waals surface area contributed by atoms with Crippen LogP contribution in [0.25, 0.3) is 0 Å². The highest BCUT2D eigenvalue weighted by atomic mass is 16.2. The van der Waals surface area contributed by atoms with Gasteiger partial charge in [0, 0.05) is 63.0 Å². The van der Waals surface area contributed by atoms with E-state index >= 15 is 0 Å². The standard InChI is InChI=1S/C21H35N5O/c1-15-7-6-8-19(13-15)26-11-9-25(10-12-26)14-20(27)24(5)18(4)21-16(2)22-23-17(21)3/h6-8,13,16-18,21-23H,9-12,14H2,1-5H3. The molecule has 3 unspecified atom stereocenters. The molecule has 0 spiro atoms. The third kappa shape index (κ3) is 4.62. The van der Waals surface area contributed by atoms with E-state index in [1.54, 1.807) is 0 Å². The maximum Gasteiger partial charge on any atom is 0.236 e. The van der Waals surface area contributed by atoms with E-state index in [2.05, 4.69) is 72.6 Å². The SMILES string of the molecule is Cc1cccc(N2CCN(CC(=O)N(C)C(C)C3C(C)NNC3C)CC2)c1. The summed E-state index contributed by atoms with van der Waals surface area (Å²) in [5.74, 6) is 0.634. The van der Waals surface area contributed by atoms with Crippen molar-refractivity contribution in [3.63, 3.8) is 0 Å². The minimum Gasteiger partial charge on any atom is -0.369 e. The monoisotopic (exact) mass is 373 g/mol. The summed E-state index contributed by atoms with van der Waals surface area (Å²) in [4.78, 5) is 19.5. The average molecular weight is 374 g/mol. The van der Waals surface area contributed by atoms with Crippen LogP contribution >= 0.6 is 0 Å². The first-order chi connectivity index (χ1) is 12.9. The lowest BCUT2D eigenvalue weighted by Gasteiger charge is -2.38. The van der Waals surface area contributed by atoms with Crippen molar-refractivity contribution in [3.8, 4) is 0 Å². The van der Waals surface area contributed by atoms with Crippen molar-refractivity contribution < 1.29 is 4.79 Å². The Hall–Kier alpha value is -1.63. The number of hydrogen-bond donors (Lipinski definition) is 2. The molecular formula is C21H35N5O. The van der Waals surface area contributed by atoms with E-state index in [0.29, 0.717) is 24.5 Å². The smallest absolute Gasteiger partial charge is 0.236 e. The number of aryl methyl sites for hydroxylation is 1. The predicted octanol–water partition coefficient (Wildman–Crippen LogP) is 1.46. The zero-order chi connectivity index (χ0) is 19.6. The first-order valence-electron chi connectivity index (χ1n) is 10.2. The summed E-state index contributed by atoms with van der Waals surface area (Å²) in [5.41, 5.74) is 9.17. The van der Waals surface area contributed by atoms with Gasteiger partial charge in [0.05, 0.1) is 6.54 Å². The fourth-order valence-electron chi connectivity index (χ4n) is 4.50. The molecule has 0 radical (unpaired) electrons. The Morgan fingerprint density at radius 3 is 2.41 bits per heavy atom. The summed E-state index contributed by atoms with van der Waals surface area (Å²) in [6, 6.07) is 9.60. The summed E-state index contributed by atoms with van der Waals surface area (Å²) < 4.78 is 0. The number of benzene rings is 1. The summed E-state index contributed by atoms with van der Waals surface area (Å²) in [5, 5.41) is 0. The van der Waals surface area contributed by atoms with Crippen LogP contribution in [0.4, 0.5) is 5.69 Å². The van der Waals surface area contributed by atoms with Gasteiger partial charge in [-0.1, -0.05) is 12.1 Å². The highest BCUT2D eigenvalue weighted by molar-refractivity contribution is 5.78. The van der Waals surface area contributed by atoms with Crippen LogP contribution in [0, 0.1) is 12.8 Å². The number of hydrogen-bond acceptors (Lipinski definition) is 5. The molecule has 2 fully saturated rings. The van der Waals surface area contributed by atoms with E-state index in [9.17, 15) is 4.79 Å². The highest BCUT2D eigenvalue weighted by Crippen LogP contribution is 2.22. The molecular weight excluding hydrogens is 338 g/mol. The summed E-state index contributed by atoms with van der Waals surface area (Å²) in [7, 11) is 1.95. The fourth-order valence-corrected chi connectivity index (χ4v) is 4.50. The number of amides is 1. The first-order valence-corrected chi connectivity index (χ1v) is 10.2. The number of nitrogens with zero attached hydrogens (tertiary/aromatic N) is 3. The van der Waals surface area contributed by atoms with Gasteiger partial charge in [0.25, 0.3) is 0 Å². The molecule has 0 aromatic heterocycles. The minimum absolute atomic E-state index is 0.207. The lowest BCUT2D eigenvalue weighted by Crippen LogP contribution is -2.52. The molecule has 0 saturated carbocycles. The van der Waals surface area contributed by atoms with Crippen LogP contribution in [-0.4, -0.2) is 73.6 Å². The van der Waals surface area contributed by atoms with Gasteiger partial charge >= 0.3 is 0 Å². The number of hydrazine groups is 1. The second-order valence-electron chi connectivity index (χ2n) is 8.29. The quantitative estimate of drug-likeness (QED) is 0.819. The van der Waals surface area contributed by atoms with Crippen LogP contribution in [0.5, 0.6) is 0 Å². The Labute approximate surface area is 163 Å². The molecule has 150 valence electrons. The molecule has 2 aliphatic rings. The maximum atomic E-state index is 12.8. The van der Waals surface area contributed by atoms with E-state index in [0.717, 1.165) is 26.2 Å². The fraction of sp³-hybridized carbons (Fsp3) is 0.667. The number of piperazine rings is 1. The van der Waals surface area contributed by atoms with Crippen molar-refractivity contribution >= 4 is 11.6 Å². The molecule has 0 aliphatic carbocycles. The highest BCUT2D eigenvalue weighted by Gasteiger charge is 2.37. The Morgan fingerprint density at radius 2 is 1.81 bits per heavy atom. The van der Waals surface area contributed by atoms with Crippen LogP contribution in [0.2, 0.25) is 0 Å². The predicted molar refractivity (Wildman–Crippen MR) is 111 cm³/mol. The second-order valence-corrected chi connectivity index (χ2v) is 8.29. The van der Waals surface area contributed by atoms with Gasteiger partial charge in [-0.05, 0) is 45.4 Å². The number of rotatable bonds is 5. The lowest BCUT2D eigenvalue weighted by atomic mass is 9.89. The van der Waals surface area contributed by atoms with Crippen molar-refractivity contribution in [1.29, 1.82) is 0 Å². The molecule has 1 amide bonds. The summed E-state index contributed by atoms with van der Waals surface area (Å²) in [6.45, 7) is 13.0. The maximum absolute atomic E-state index is 12.8. The van der Waals surface area contributed by atoms with Crippen LogP contribution in [0.1, 0.15) is 26.3 Å². The van der Waals surface area contributed by atoms with Crippen LogP contribution in [-0.2, 0) is 4.79 Å². The molecule has 3 rings (SSSR count). The van der Waals surface area contributed by atoms with Crippen molar-refractivity contribution in [2.75, 3.05) is 44.7 Å². The van der Waals surface area contributed by atoms with E-state index in [1.807, 2.05) is 11.9 Å². The van der Waals surface area contributed by atoms with Crippen molar-refractivity contribution in [2.45, 2.75) is 45.8 Å². The van der Waals surface area contributed by atoms with Gasteiger partial charge < -0.3 is 9.80 Å². The van der Waals surface area contributed by atoms with E-state index in [1.165, 1.54) is 11.3 Å². The zero-order valence-electron chi connectivity index (χ0n) is 17.4. The molecule has 27 heavy (non-hydrogen) atoms. The van der Waals surface area contributed by atoms with E-state index in [4.69, 9.17) is 0 Å². The number of anilines is 1. The van der Waals surface area contributed by atoms with Gasteiger partial charge in [0.2, 0.25) is 5.91 Å². The van der Waals surface area contributed by atoms with Crippen LogP contribution in [0.15, 0.2) is 24.3 Å². The van der Waals surface area contributed by atoms with Gasteiger partial charge in [-0.2, -0.15) is 0 Å². The molecule has 2 aliphatic heterocycles. The zero-order valence-corrected chi connectivity index (χ0v) is 17.4. The first kappa shape index (κ1) is 20.1. The summed E-state index contributed by atoms with van der Waals surface area (Å²) >= 11 is 0. The molecule has 1 aromatic rings. The van der Waals surface area contributed by atoms with Crippen LogP contribution in [0.3, 0.4) is 0 Å². The van der Waals surface area contributed by atoms with Gasteiger partial charge in [-0.25, -0.2) is 0 Å². The van der Waals surface area contributed by atoms with Gasteiger partial charge in [-0.3, -0.25) is 20.5 Å². The number of nitrogens with one attached hydrogen (secondary N) is 2. The Morgan fingerprint density at radius 1 is 1.19 bits per heavy atom. The van der Waals surface area contributed by atoms with Gasteiger partial charge in [0.15, 0.2) is 0 Å². The Balaban J connectivity index is 1.50. The van der Waals surface area contributed by atoms with Crippen molar-refractivity contribution in [2.24, 2.45) is 5.92 Å². The van der Waals surface area contributed by atoms with E-state index < -0.39 is 0 Å². The number of likely N-dealkylation sites (N-methyl/N-ethyl adjacent to an activating group) is 1. The molecule has 0 bridgehead atoms. The Bertz CT molecular complexity index is 633. The summed E-state index contributed by atoms with van der Waals surface area (Å²) in [6.07, 6.45) is 0. The second kappa shape index (κ2) is 8.59. The third-order valence-corrected chi connectivity index (χ3v) is 6.35. The average Bonchev–Trinajstić information content (AvgIpc) is 2.99. The third-order valence-electron chi connectivity index (χ3n) is 6.35. The molecule has 3 atom stereocenters. The number of carbonyl (C=O) groups is 1. The number of carbonyl (C=O) groups excluding carboxylic acids is 1. The molecule has 6 heteroatoms. The molecule has 6 nitrogen and oxygen atoms in total. The molecule has 2 heterocycles. The normalized spacial score (nSPS) is 27.6. The topological polar surface area (TPSA) is 50.9 Å². The largest absolute Gasteiger partial charge is 0.369 e. The van der Waals surface area contributed by atoms with Gasteiger partial charge in [-0.15, -0.1) is 0 Å². The molecule has 2 N–H and O–H groups in total. The molecule has 1 aromatic carbocycles. The van der Waals surface area contributed by atoms with E-state index in [-0.39, 0.29) is 11.9 Å². The van der Waals surface area contributed by atoms with Gasteiger partial charge in [0.1, 0.15) is 0 Å². The molecule has 2 saturated heterocycles. The lowest BCUT2D eigenvalue weighted by molar-refractivity contribution is -0.134. The van der Waals surface area contributed by atoms with Crippen molar-refractivity contribution in [1.82, 2.24) is 20.7 Å².